The highest BCUT2D eigenvalue weighted by atomic mass is 32.2. The first kappa shape index (κ1) is 12.4. The van der Waals surface area contributed by atoms with Gasteiger partial charge in [0, 0.05) is 22.5 Å². The third-order valence-corrected chi connectivity index (χ3v) is 4.16. The van der Waals surface area contributed by atoms with Gasteiger partial charge in [0.25, 0.3) is 0 Å². The maximum absolute atomic E-state index is 5.82. The lowest BCUT2D eigenvalue weighted by Crippen LogP contribution is -2.00. The van der Waals surface area contributed by atoms with E-state index in [1.807, 2.05) is 6.07 Å². The van der Waals surface area contributed by atoms with Gasteiger partial charge in [-0.2, -0.15) is 0 Å². The van der Waals surface area contributed by atoms with Gasteiger partial charge in [0.2, 0.25) is 0 Å². The molecule has 2 rings (SSSR count). The number of nitrogens with two attached hydrogens (primary N) is 1. The van der Waals surface area contributed by atoms with Crippen LogP contribution in [0.5, 0.6) is 0 Å². The first-order valence-corrected chi connectivity index (χ1v) is 7.19. The minimum atomic E-state index is 0.546. The summed E-state index contributed by atoms with van der Waals surface area (Å²) < 4.78 is 0. The molecule has 0 saturated heterocycles. The molecule has 3 nitrogen and oxygen atoms in total. The third-order valence-electron chi connectivity index (χ3n) is 2.28. The van der Waals surface area contributed by atoms with Gasteiger partial charge in [0.05, 0.1) is 0 Å². The quantitative estimate of drug-likeness (QED) is 0.679. The molecule has 0 aliphatic carbocycles. The highest BCUT2D eigenvalue weighted by molar-refractivity contribution is 7.99. The molecule has 0 amide bonds. The van der Waals surface area contributed by atoms with Gasteiger partial charge in [-0.05, 0) is 30.0 Å². The van der Waals surface area contributed by atoms with Crippen molar-refractivity contribution in [3.63, 3.8) is 0 Å². The van der Waals surface area contributed by atoms with Crippen LogP contribution in [-0.2, 0) is 6.54 Å². The SMILES string of the molecule is CSc1cccc(Sc2ccncn2)c1CN. The number of benzene rings is 1. The Balaban J connectivity index is 2.33. The number of hydrogen-bond acceptors (Lipinski definition) is 5. The summed E-state index contributed by atoms with van der Waals surface area (Å²) in [7, 11) is 0. The van der Waals surface area contributed by atoms with Gasteiger partial charge in [-0.15, -0.1) is 11.8 Å². The molecule has 17 heavy (non-hydrogen) atoms. The highest BCUT2D eigenvalue weighted by Crippen LogP contribution is 2.33. The maximum atomic E-state index is 5.82. The molecule has 2 N–H and O–H groups in total. The molecule has 0 spiro atoms. The van der Waals surface area contributed by atoms with Gasteiger partial charge in [-0.3, -0.25) is 0 Å². The van der Waals surface area contributed by atoms with E-state index in [9.17, 15) is 0 Å². The van der Waals surface area contributed by atoms with Crippen LogP contribution in [-0.4, -0.2) is 16.2 Å². The molecule has 0 saturated carbocycles. The molecule has 1 aromatic carbocycles. The van der Waals surface area contributed by atoms with Crippen LogP contribution in [0.3, 0.4) is 0 Å². The van der Waals surface area contributed by atoms with Crippen molar-refractivity contribution < 1.29 is 0 Å². The van der Waals surface area contributed by atoms with E-state index in [0.29, 0.717) is 6.54 Å². The van der Waals surface area contributed by atoms with Gasteiger partial charge in [-0.1, -0.05) is 17.8 Å². The average molecular weight is 263 g/mol. The molecule has 5 heteroatoms. The molecule has 2 aromatic rings. The molecular formula is C12H13N3S2. The Morgan fingerprint density at radius 1 is 1.24 bits per heavy atom. The zero-order valence-electron chi connectivity index (χ0n) is 9.46. The first-order valence-electron chi connectivity index (χ1n) is 5.15. The van der Waals surface area contributed by atoms with Gasteiger partial charge in [-0.25, -0.2) is 9.97 Å². The fourth-order valence-electron chi connectivity index (χ4n) is 1.49. The summed E-state index contributed by atoms with van der Waals surface area (Å²) in [6.07, 6.45) is 5.37. The summed E-state index contributed by atoms with van der Waals surface area (Å²) in [4.78, 5) is 10.5. The lowest BCUT2D eigenvalue weighted by atomic mass is 10.2. The van der Waals surface area contributed by atoms with E-state index in [1.54, 1.807) is 36.0 Å². The van der Waals surface area contributed by atoms with Crippen LogP contribution >= 0.6 is 23.5 Å². The Labute approximate surface area is 109 Å². The fraction of sp³-hybridized carbons (Fsp3) is 0.167. The van der Waals surface area contributed by atoms with Crippen LogP contribution in [0.25, 0.3) is 0 Å². The number of rotatable bonds is 4. The monoisotopic (exact) mass is 263 g/mol. The van der Waals surface area contributed by atoms with Gasteiger partial charge >= 0.3 is 0 Å². The molecule has 0 atom stereocenters. The summed E-state index contributed by atoms with van der Waals surface area (Å²) >= 11 is 3.34. The summed E-state index contributed by atoms with van der Waals surface area (Å²) in [5.41, 5.74) is 7.01. The zero-order chi connectivity index (χ0) is 12.1. The van der Waals surface area contributed by atoms with Gasteiger partial charge in [0.15, 0.2) is 0 Å². The molecule has 0 aliphatic rings. The van der Waals surface area contributed by atoms with Crippen molar-refractivity contribution in [3.05, 3.63) is 42.4 Å². The zero-order valence-corrected chi connectivity index (χ0v) is 11.1. The van der Waals surface area contributed by atoms with Crippen LogP contribution in [0.1, 0.15) is 5.56 Å². The van der Waals surface area contributed by atoms with E-state index in [-0.39, 0.29) is 0 Å². The normalized spacial score (nSPS) is 10.5. The maximum Gasteiger partial charge on any atom is 0.116 e. The topological polar surface area (TPSA) is 51.8 Å². The summed E-state index contributed by atoms with van der Waals surface area (Å²) in [6, 6.07) is 8.12. The molecule has 0 radical (unpaired) electrons. The van der Waals surface area contributed by atoms with E-state index < -0.39 is 0 Å². The molecule has 1 heterocycles. The number of nitrogens with zero attached hydrogens (tertiary/aromatic N) is 2. The standard InChI is InChI=1S/C12H13N3S2/c1-16-10-3-2-4-11(9(10)7-13)17-12-5-6-14-8-15-12/h2-6,8H,7,13H2,1H3. The molecule has 0 fully saturated rings. The van der Waals surface area contributed by atoms with E-state index >= 15 is 0 Å². The minimum Gasteiger partial charge on any atom is -0.326 e. The average Bonchev–Trinajstić information content (AvgIpc) is 2.39. The van der Waals surface area contributed by atoms with E-state index in [2.05, 4.69) is 34.4 Å². The van der Waals surface area contributed by atoms with Gasteiger partial charge in [0.1, 0.15) is 11.4 Å². The van der Waals surface area contributed by atoms with Crippen molar-refractivity contribution in [3.8, 4) is 0 Å². The summed E-state index contributed by atoms with van der Waals surface area (Å²) in [5.74, 6) is 0. The largest absolute Gasteiger partial charge is 0.326 e. The van der Waals surface area contributed by atoms with Crippen molar-refractivity contribution in [2.45, 2.75) is 21.4 Å². The lowest BCUT2D eigenvalue weighted by molar-refractivity contribution is 0.976. The minimum absolute atomic E-state index is 0.546. The molecule has 0 aliphatic heterocycles. The highest BCUT2D eigenvalue weighted by Gasteiger charge is 2.08. The Kier molecular flexibility index (Phi) is 4.42. The Morgan fingerprint density at radius 2 is 2.06 bits per heavy atom. The van der Waals surface area contributed by atoms with Crippen LogP contribution in [0, 0.1) is 0 Å². The van der Waals surface area contributed by atoms with Crippen molar-refractivity contribution in [1.82, 2.24) is 9.97 Å². The number of thioether (sulfide) groups is 1. The lowest BCUT2D eigenvalue weighted by Gasteiger charge is -2.10. The van der Waals surface area contributed by atoms with E-state index in [4.69, 9.17) is 5.73 Å². The van der Waals surface area contributed by atoms with E-state index in [1.165, 1.54) is 10.5 Å². The van der Waals surface area contributed by atoms with Crippen molar-refractivity contribution in [1.29, 1.82) is 0 Å². The number of hydrogen-bond donors (Lipinski definition) is 1. The molecule has 0 unspecified atom stereocenters. The Morgan fingerprint density at radius 3 is 2.71 bits per heavy atom. The Bertz CT molecular complexity index is 488. The predicted octanol–water partition coefficient (Wildman–Crippen LogP) is 2.81. The molecule has 0 bridgehead atoms. The van der Waals surface area contributed by atoms with Crippen LogP contribution < -0.4 is 5.73 Å². The van der Waals surface area contributed by atoms with Crippen LogP contribution in [0.4, 0.5) is 0 Å². The van der Waals surface area contributed by atoms with Crippen LogP contribution in [0.15, 0.2) is 51.6 Å². The number of aromatic nitrogens is 2. The van der Waals surface area contributed by atoms with Crippen molar-refractivity contribution >= 4 is 23.5 Å². The molecular weight excluding hydrogens is 250 g/mol. The van der Waals surface area contributed by atoms with Crippen molar-refractivity contribution in [2.75, 3.05) is 6.26 Å². The van der Waals surface area contributed by atoms with E-state index in [0.717, 1.165) is 9.92 Å². The predicted molar refractivity (Wildman–Crippen MR) is 72.3 cm³/mol. The second-order valence-electron chi connectivity index (χ2n) is 3.29. The molecule has 88 valence electrons. The summed E-state index contributed by atoms with van der Waals surface area (Å²) in [6.45, 7) is 0.546. The fourth-order valence-corrected chi connectivity index (χ4v) is 3.12. The van der Waals surface area contributed by atoms with Crippen molar-refractivity contribution in [2.24, 2.45) is 5.73 Å². The first-order chi connectivity index (χ1) is 8.35. The molecule has 1 aromatic heterocycles. The Hall–Kier alpha value is -1.04. The van der Waals surface area contributed by atoms with Crippen LogP contribution in [0.2, 0.25) is 0 Å². The third kappa shape index (κ3) is 3.00. The smallest absolute Gasteiger partial charge is 0.116 e. The summed E-state index contributed by atoms with van der Waals surface area (Å²) in [5, 5.41) is 0.938. The van der Waals surface area contributed by atoms with Gasteiger partial charge < -0.3 is 5.73 Å². The second-order valence-corrected chi connectivity index (χ2v) is 5.20. The second kappa shape index (κ2) is 6.05.